The summed E-state index contributed by atoms with van der Waals surface area (Å²) in [5.41, 5.74) is 0. The molecule has 3 heteroatoms. The van der Waals surface area contributed by atoms with Gasteiger partial charge < -0.3 is 9.84 Å². The lowest BCUT2D eigenvalue weighted by atomic mass is 10.0. The molecule has 1 heterocycles. The van der Waals surface area contributed by atoms with Crippen molar-refractivity contribution >= 4 is 5.97 Å². The highest BCUT2D eigenvalue weighted by molar-refractivity contribution is 5.82. The minimum absolute atomic E-state index is 0.0180. The minimum atomic E-state index is -0.413. The fraction of sp³-hybridized carbons (Fsp3) is 0.722. The number of carbonyl (C=O) groups is 1. The van der Waals surface area contributed by atoms with Crippen molar-refractivity contribution in [2.75, 3.05) is 0 Å². The largest absolute Gasteiger partial charge is 0.460 e. The van der Waals surface area contributed by atoms with Gasteiger partial charge in [-0.1, -0.05) is 63.2 Å². The maximum absolute atomic E-state index is 11.6. The quantitative estimate of drug-likeness (QED) is 0.677. The summed E-state index contributed by atoms with van der Waals surface area (Å²) in [7, 11) is 0. The minimum Gasteiger partial charge on any atom is -0.460 e. The molecule has 1 aliphatic rings. The van der Waals surface area contributed by atoms with Crippen LogP contribution in [0.25, 0.3) is 0 Å². The van der Waals surface area contributed by atoms with Crippen LogP contribution in [-0.2, 0) is 9.53 Å². The second-order valence-corrected chi connectivity index (χ2v) is 5.96. The highest BCUT2D eigenvalue weighted by Crippen LogP contribution is 2.13. The molecule has 0 aromatic heterocycles. The van der Waals surface area contributed by atoms with Crippen LogP contribution >= 0.6 is 0 Å². The first-order valence-electron chi connectivity index (χ1n) is 8.42. The van der Waals surface area contributed by atoms with Crippen LogP contribution in [0, 0.1) is 0 Å². The van der Waals surface area contributed by atoms with Gasteiger partial charge in [-0.15, -0.1) is 0 Å². The van der Waals surface area contributed by atoms with E-state index in [1.54, 1.807) is 18.2 Å². The Labute approximate surface area is 129 Å². The average molecular weight is 294 g/mol. The molecule has 0 aromatic carbocycles. The third-order valence-electron chi connectivity index (χ3n) is 3.85. The van der Waals surface area contributed by atoms with Crippen LogP contribution in [0.1, 0.15) is 71.1 Å². The number of aliphatic hydroxyl groups excluding tert-OH is 1. The molecule has 0 spiro atoms. The fourth-order valence-electron chi connectivity index (χ4n) is 2.57. The molecule has 0 radical (unpaired) electrons. The maximum Gasteiger partial charge on any atom is 0.331 e. The van der Waals surface area contributed by atoms with Crippen LogP contribution in [0.5, 0.6) is 0 Å². The van der Waals surface area contributed by atoms with E-state index in [0.29, 0.717) is 0 Å². The zero-order valence-electron chi connectivity index (χ0n) is 13.3. The predicted molar refractivity (Wildman–Crippen MR) is 86.0 cm³/mol. The fourth-order valence-corrected chi connectivity index (χ4v) is 2.57. The lowest BCUT2D eigenvalue weighted by Crippen LogP contribution is -2.12. The van der Waals surface area contributed by atoms with Crippen LogP contribution in [0.3, 0.4) is 0 Å². The number of rotatable bonds is 0. The van der Waals surface area contributed by atoms with E-state index in [-0.39, 0.29) is 12.1 Å². The number of hydrogen-bond donors (Lipinski definition) is 1. The molecule has 3 nitrogen and oxygen atoms in total. The molecule has 21 heavy (non-hydrogen) atoms. The lowest BCUT2D eigenvalue weighted by Gasteiger charge is -2.11. The van der Waals surface area contributed by atoms with Gasteiger partial charge in [0.25, 0.3) is 0 Å². The van der Waals surface area contributed by atoms with Crippen molar-refractivity contribution in [3.63, 3.8) is 0 Å². The van der Waals surface area contributed by atoms with Gasteiger partial charge in [0.1, 0.15) is 0 Å². The molecule has 0 bridgehead atoms. The van der Waals surface area contributed by atoms with Gasteiger partial charge in [-0.2, -0.15) is 0 Å². The zero-order chi connectivity index (χ0) is 15.3. The number of carbonyl (C=O) groups excluding carboxylic acids is 1. The highest BCUT2D eigenvalue weighted by atomic mass is 16.5. The summed E-state index contributed by atoms with van der Waals surface area (Å²) in [6.07, 6.45) is 17.6. The Morgan fingerprint density at radius 3 is 2.19 bits per heavy atom. The Morgan fingerprint density at radius 1 is 0.952 bits per heavy atom. The smallest absolute Gasteiger partial charge is 0.331 e. The lowest BCUT2D eigenvalue weighted by molar-refractivity contribution is -0.142. The third kappa shape index (κ3) is 10.3. The molecule has 0 aliphatic carbocycles. The van der Waals surface area contributed by atoms with Gasteiger partial charge in [0.05, 0.1) is 12.2 Å². The molecule has 1 aliphatic heterocycles. The molecule has 120 valence electrons. The summed E-state index contributed by atoms with van der Waals surface area (Å²) in [5.74, 6) is -0.303. The third-order valence-corrected chi connectivity index (χ3v) is 3.85. The maximum atomic E-state index is 11.6. The molecule has 0 aromatic rings. The summed E-state index contributed by atoms with van der Waals surface area (Å²) in [6, 6.07) is 0. The molecule has 0 unspecified atom stereocenters. The Kier molecular flexibility index (Phi) is 9.88. The Morgan fingerprint density at radius 2 is 1.52 bits per heavy atom. The van der Waals surface area contributed by atoms with Gasteiger partial charge in [-0.25, -0.2) is 4.79 Å². The topological polar surface area (TPSA) is 46.5 Å². The number of cyclic esters (lactones) is 1. The summed E-state index contributed by atoms with van der Waals surface area (Å²) in [6.45, 7) is 1.95. The first-order valence-corrected chi connectivity index (χ1v) is 8.42. The van der Waals surface area contributed by atoms with E-state index in [1.165, 1.54) is 44.6 Å². The normalized spacial score (nSPS) is 30.7. The molecule has 0 amide bonds. The average Bonchev–Trinajstić information content (AvgIpc) is 2.44. The standard InChI is InChI=1S/C18H30O3/c1-16-12-8-6-4-2-3-5-7-9-13-17(19)14-10-11-15-18(20)21-16/h10-11,14-17,19H,2-9,12-13H2,1H3/b14-10+,15-11+/t16-,17+/m0/s1. The monoisotopic (exact) mass is 294 g/mol. The molecule has 2 atom stereocenters. The Hall–Kier alpha value is -1.09. The van der Waals surface area contributed by atoms with Crippen molar-refractivity contribution < 1.29 is 14.6 Å². The van der Waals surface area contributed by atoms with Gasteiger partial charge in [0.2, 0.25) is 0 Å². The first-order chi connectivity index (χ1) is 10.2. The number of hydrogen-bond acceptors (Lipinski definition) is 3. The van der Waals surface area contributed by atoms with Crippen molar-refractivity contribution in [3.8, 4) is 0 Å². The van der Waals surface area contributed by atoms with Crippen LogP contribution < -0.4 is 0 Å². The van der Waals surface area contributed by atoms with E-state index in [1.807, 2.05) is 6.92 Å². The predicted octanol–water partition coefficient (Wildman–Crippen LogP) is 4.31. The summed E-state index contributed by atoms with van der Waals surface area (Å²) >= 11 is 0. The van der Waals surface area contributed by atoms with E-state index in [4.69, 9.17) is 4.74 Å². The SMILES string of the molecule is C[C@H]1CCCCCCCCCC[C@@H](O)/C=C/C=C/C(=O)O1. The molecule has 0 saturated heterocycles. The van der Waals surface area contributed by atoms with Gasteiger partial charge in [0, 0.05) is 6.08 Å². The van der Waals surface area contributed by atoms with E-state index < -0.39 is 6.10 Å². The number of allylic oxidation sites excluding steroid dienone is 2. The van der Waals surface area contributed by atoms with Crippen LogP contribution in [0.4, 0.5) is 0 Å². The molecule has 1 rings (SSSR count). The second-order valence-electron chi connectivity index (χ2n) is 5.96. The van der Waals surface area contributed by atoms with Crippen molar-refractivity contribution in [1.29, 1.82) is 0 Å². The van der Waals surface area contributed by atoms with E-state index in [9.17, 15) is 9.90 Å². The van der Waals surface area contributed by atoms with E-state index >= 15 is 0 Å². The van der Waals surface area contributed by atoms with Gasteiger partial charge in [-0.3, -0.25) is 0 Å². The summed E-state index contributed by atoms with van der Waals surface area (Å²) in [5, 5.41) is 9.77. The second kappa shape index (κ2) is 11.6. The Balaban J connectivity index is 2.43. The summed E-state index contributed by atoms with van der Waals surface area (Å²) in [4.78, 5) is 11.6. The molecule has 0 fully saturated rings. The molecular weight excluding hydrogens is 264 g/mol. The van der Waals surface area contributed by atoms with Crippen LogP contribution in [-0.4, -0.2) is 23.3 Å². The zero-order valence-corrected chi connectivity index (χ0v) is 13.3. The van der Waals surface area contributed by atoms with E-state index in [0.717, 1.165) is 25.7 Å². The molecule has 1 N–H and O–H groups in total. The highest BCUT2D eigenvalue weighted by Gasteiger charge is 2.06. The van der Waals surface area contributed by atoms with Gasteiger partial charge in [-0.05, 0) is 26.2 Å². The van der Waals surface area contributed by atoms with Crippen molar-refractivity contribution in [1.82, 2.24) is 0 Å². The first kappa shape index (κ1) is 18.0. The molecular formula is C18H30O3. The number of ether oxygens (including phenoxy) is 1. The Bertz CT molecular complexity index is 333. The van der Waals surface area contributed by atoms with Crippen LogP contribution in [0.15, 0.2) is 24.3 Å². The number of esters is 1. The van der Waals surface area contributed by atoms with Crippen molar-refractivity contribution in [2.45, 2.75) is 83.3 Å². The van der Waals surface area contributed by atoms with Crippen molar-refractivity contribution in [2.24, 2.45) is 0 Å². The van der Waals surface area contributed by atoms with Crippen molar-refractivity contribution in [3.05, 3.63) is 24.3 Å². The number of aliphatic hydroxyl groups is 1. The molecule has 0 saturated carbocycles. The van der Waals surface area contributed by atoms with Gasteiger partial charge in [0.15, 0.2) is 0 Å². The summed E-state index contributed by atoms with van der Waals surface area (Å²) < 4.78 is 5.30. The van der Waals surface area contributed by atoms with E-state index in [2.05, 4.69) is 0 Å². The van der Waals surface area contributed by atoms with Crippen LogP contribution in [0.2, 0.25) is 0 Å². The van der Waals surface area contributed by atoms with Gasteiger partial charge >= 0.3 is 5.97 Å².